The van der Waals surface area contributed by atoms with Gasteiger partial charge in [-0.05, 0) is 50.4 Å². The van der Waals surface area contributed by atoms with Crippen molar-refractivity contribution in [3.05, 3.63) is 58.4 Å². The molecule has 31 heavy (non-hydrogen) atoms. The van der Waals surface area contributed by atoms with E-state index in [0.29, 0.717) is 22.1 Å². The van der Waals surface area contributed by atoms with Crippen LogP contribution in [0.3, 0.4) is 0 Å². The van der Waals surface area contributed by atoms with Crippen LogP contribution in [0.4, 0.5) is 18.9 Å². The number of carbonyl (C=O) groups is 1. The standard InChI is InChI=1S/C13H7ClF3NOS.C7H17NO.C2H6/c14-8-2-1-6(3-11(8)20)13(19)18-7-4-9(15)12(17)10(16)5-7;1-2-7(9)5-3-4-6-8;1-2/h1-5,20H,(H,18,19);7,9H,2-6,8H2,1H3;1-2H3. The van der Waals surface area contributed by atoms with Crippen LogP contribution >= 0.6 is 24.2 Å². The molecule has 0 aliphatic heterocycles. The normalized spacial score (nSPS) is 10.9. The fourth-order valence-corrected chi connectivity index (χ4v) is 2.54. The Labute approximate surface area is 192 Å². The zero-order chi connectivity index (χ0) is 24.0. The summed E-state index contributed by atoms with van der Waals surface area (Å²) in [5.74, 6) is -4.98. The summed E-state index contributed by atoms with van der Waals surface area (Å²) in [6.07, 6.45) is 3.78. The van der Waals surface area contributed by atoms with Gasteiger partial charge in [-0.3, -0.25) is 4.79 Å². The van der Waals surface area contributed by atoms with Gasteiger partial charge in [0.2, 0.25) is 0 Å². The molecule has 0 bridgehead atoms. The summed E-state index contributed by atoms with van der Waals surface area (Å²) in [6.45, 7) is 6.74. The quantitative estimate of drug-likeness (QED) is 0.217. The van der Waals surface area contributed by atoms with Crippen molar-refractivity contribution in [3.63, 3.8) is 0 Å². The second-order valence-corrected chi connectivity index (χ2v) is 7.11. The average molecular weight is 479 g/mol. The first kappa shape index (κ1) is 29.3. The molecular weight excluding hydrogens is 449 g/mol. The van der Waals surface area contributed by atoms with Gasteiger partial charge in [0.15, 0.2) is 17.5 Å². The summed E-state index contributed by atoms with van der Waals surface area (Å²) in [5.41, 5.74) is 5.28. The van der Waals surface area contributed by atoms with Crippen LogP contribution < -0.4 is 11.1 Å². The summed E-state index contributed by atoms with van der Waals surface area (Å²) in [5, 5.41) is 11.7. The van der Waals surface area contributed by atoms with Gasteiger partial charge in [-0.2, -0.15) is 0 Å². The number of benzene rings is 2. The molecule has 0 fully saturated rings. The minimum atomic E-state index is -1.59. The number of aliphatic hydroxyl groups is 1. The van der Waals surface area contributed by atoms with Crippen molar-refractivity contribution in [1.82, 2.24) is 0 Å². The van der Waals surface area contributed by atoms with Crippen LogP contribution in [0, 0.1) is 17.5 Å². The van der Waals surface area contributed by atoms with E-state index < -0.39 is 23.4 Å². The van der Waals surface area contributed by atoms with E-state index in [-0.39, 0.29) is 17.4 Å². The SMILES string of the molecule is CC.CCC(O)CCCCN.O=C(Nc1cc(F)c(F)c(F)c1)c1ccc(Cl)c(S)c1. The molecule has 0 saturated carbocycles. The number of nitrogens with two attached hydrogens (primary N) is 1. The highest BCUT2D eigenvalue weighted by atomic mass is 35.5. The highest BCUT2D eigenvalue weighted by Crippen LogP contribution is 2.22. The van der Waals surface area contributed by atoms with E-state index in [1.807, 2.05) is 20.8 Å². The first-order chi connectivity index (χ1) is 14.7. The van der Waals surface area contributed by atoms with Gasteiger partial charge in [-0.15, -0.1) is 12.6 Å². The van der Waals surface area contributed by atoms with Gasteiger partial charge in [0, 0.05) is 28.3 Å². The molecule has 2 aromatic rings. The predicted octanol–water partition coefficient (Wildman–Crippen LogP) is 6.21. The van der Waals surface area contributed by atoms with E-state index in [0.717, 1.165) is 32.2 Å². The zero-order valence-corrected chi connectivity index (χ0v) is 19.5. The fourth-order valence-electron chi connectivity index (χ4n) is 2.21. The average Bonchev–Trinajstić information content (AvgIpc) is 2.75. The number of rotatable bonds is 7. The maximum atomic E-state index is 13.0. The largest absolute Gasteiger partial charge is 0.393 e. The van der Waals surface area contributed by atoms with Crippen LogP contribution in [0.2, 0.25) is 5.02 Å². The summed E-state index contributed by atoms with van der Waals surface area (Å²) < 4.78 is 38.8. The molecule has 0 radical (unpaired) electrons. The topological polar surface area (TPSA) is 75.3 Å². The minimum Gasteiger partial charge on any atom is -0.393 e. The van der Waals surface area contributed by atoms with Crippen molar-refractivity contribution in [2.24, 2.45) is 5.73 Å². The van der Waals surface area contributed by atoms with Crippen molar-refractivity contribution in [1.29, 1.82) is 0 Å². The molecule has 0 heterocycles. The fraction of sp³-hybridized carbons (Fsp3) is 0.409. The third-order valence-electron chi connectivity index (χ3n) is 3.91. The maximum absolute atomic E-state index is 13.0. The minimum absolute atomic E-state index is 0.100. The number of nitrogens with one attached hydrogen (secondary N) is 1. The summed E-state index contributed by atoms with van der Waals surface area (Å²) in [4.78, 5) is 12.2. The second-order valence-electron chi connectivity index (χ2n) is 6.22. The Hall–Kier alpha value is -1.74. The number of unbranched alkanes of at least 4 members (excludes halogenated alkanes) is 1. The predicted molar refractivity (Wildman–Crippen MR) is 124 cm³/mol. The van der Waals surface area contributed by atoms with E-state index >= 15 is 0 Å². The molecule has 4 N–H and O–H groups in total. The lowest BCUT2D eigenvalue weighted by molar-refractivity contribution is 0.102. The smallest absolute Gasteiger partial charge is 0.255 e. The number of hydrogen-bond donors (Lipinski definition) is 4. The van der Waals surface area contributed by atoms with Gasteiger partial charge in [0.05, 0.1) is 11.1 Å². The van der Waals surface area contributed by atoms with Gasteiger partial charge in [0.1, 0.15) is 0 Å². The molecule has 1 unspecified atom stereocenters. The van der Waals surface area contributed by atoms with Crippen molar-refractivity contribution in [3.8, 4) is 0 Å². The Balaban J connectivity index is 0.000000692. The van der Waals surface area contributed by atoms with Gasteiger partial charge in [-0.1, -0.05) is 32.4 Å². The molecule has 0 saturated heterocycles. The third-order valence-corrected chi connectivity index (χ3v) is 4.74. The van der Waals surface area contributed by atoms with E-state index in [4.69, 9.17) is 22.4 Å². The number of hydrogen-bond acceptors (Lipinski definition) is 4. The molecule has 0 aliphatic rings. The molecule has 2 rings (SSSR count). The monoisotopic (exact) mass is 478 g/mol. The Morgan fingerprint density at radius 2 is 1.74 bits per heavy atom. The van der Waals surface area contributed by atoms with Gasteiger partial charge in [0.25, 0.3) is 5.91 Å². The Kier molecular flexibility index (Phi) is 15.1. The molecule has 4 nitrogen and oxygen atoms in total. The number of aliphatic hydroxyl groups excluding tert-OH is 1. The summed E-state index contributed by atoms with van der Waals surface area (Å²) in [7, 11) is 0. The molecule has 0 aromatic heterocycles. The summed E-state index contributed by atoms with van der Waals surface area (Å²) >= 11 is 9.81. The number of carbonyl (C=O) groups excluding carboxylic acids is 1. The first-order valence-corrected chi connectivity index (χ1v) is 10.8. The van der Waals surface area contributed by atoms with Crippen molar-refractivity contribution < 1.29 is 23.1 Å². The van der Waals surface area contributed by atoms with E-state index in [2.05, 4.69) is 17.9 Å². The van der Waals surface area contributed by atoms with Crippen molar-refractivity contribution in [2.45, 2.75) is 57.5 Å². The lowest BCUT2D eigenvalue weighted by atomic mass is 10.1. The van der Waals surface area contributed by atoms with E-state index in [1.165, 1.54) is 18.2 Å². The van der Waals surface area contributed by atoms with Crippen LogP contribution in [-0.4, -0.2) is 23.7 Å². The lowest BCUT2D eigenvalue weighted by Gasteiger charge is -2.07. The summed E-state index contributed by atoms with van der Waals surface area (Å²) in [6, 6.07) is 5.66. The molecule has 1 amide bonds. The van der Waals surface area contributed by atoms with Gasteiger partial charge >= 0.3 is 0 Å². The second kappa shape index (κ2) is 16.0. The van der Waals surface area contributed by atoms with Crippen LogP contribution in [-0.2, 0) is 0 Å². The molecule has 1 atom stereocenters. The first-order valence-electron chi connectivity index (χ1n) is 10.0. The Bertz CT molecular complexity index is 802. The van der Waals surface area contributed by atoms with E-state index in [9.17, 15) is 18.0 Å². The molecule has 174 valence electrons. The molecule has 9 heteroatoms. The Morgan fingerprint density at radius 1 is 1.16 bits per heavy atom. The van der Waals surface area contributed by atoms with Crippen LogP contribution in [0.5, 0.6) is 0 Å². The number of amides is 1. The number of thiol groups is 1. The molecule has 2 aromatic carbocycles. The third kappa shape index (κ3) is 10.9. The highest BCUT2D eigenvalue weighted by Gasteiger charge is 2.13. The van der Waals surface area contributed by atoms with E-state index in [1.54, 1.807) is 0 Å². The highest BCUT2D eigenvalue weighted by molar-refractivity contribution is 7.80. The number of anilines is 1. The molecular formula is C22H30ClF3N2O2S. The van der Waals surface area contributed by atoms with Crippen molar-refractivity contribution in [2.75, 3.05) is 11.9 Å². The van der Waals surface area contributed by atoms with Crippen LogP contribution in [0.1, 0.15) is 56.8 Å². The zero-order valence-electron chi connectivity index (χ0n) is 17.9. The van der Waals surface area contributed by atoms with Crippen LogP contribution in [0.25, 0.3) is 0 Å². The molecule has 0 aliphatic carbocycles. The Morgan fingerprint density at radius 3 is 2.23 bits per heavy atom. The van der Waals surface area contributed by atoms with Gasteiger partial charge < -0.3 is 16.2 Å². The van der Waals surface area contributed by atoms with Crippen molar-refractivity contribution >= 4 is 35.8 Å². The lowest BCUT2D eigenvalue weighted by Crippen LogP contribution is -2.12. The van der Waals surface area contributed by atoms with Gasteiger partial charge in [-0.25, -0.2) is 13.2 Å². The maximum Gasteiger partial charge on any atom is 0.255 e. The number of halogens is 4. The molecule has 0 spiro atoms. The van der Waals surface area contributed by atoms with Crippen LogP contribution in [0.15, 0.2) is 35.2 Å².